The smallest absolute Gasteiger partial charge is 0.233 e. The van der Waals surface area contributed by atoms with E-state index in [9.17, 15) is 4.79 Å². The second-order valence-corrected chi connectivity index (χ2v) is 8.30. The zero-order valence-electron chi connectivity index (χ0n) is 12.8. The average Bonchev–Trinajstić information content (AvgIpc) is 3.31. The highest BCUT2D eigenvalue weighted by molar-refractivity contribution is 7.99. The van der Waals surface area contributed by atoms with Crippen LogP contribution in [0.15, 0.2) is 52.6 Å². The quantitative estimate of drug-likeness (QED) is 0.514. The topological polar surface area (TPSA) is 46.1 Å². The Balaban J connectivity index is 1.56. The lowest BCUT2D eigenvalue weighted by molar-refractivity contribution is -0.130. The van der Waals surface area contributed by atoms with E-state index in [0.29, 0.717) is 10.9 Å². The Kier molecular flexibility index (Phi) is 4.64. The van der Waals surface area contributed by atoms with Gasteiger partial charge in [-0.3, -0.25) is 4.79 Å². The number of thioether (sulfide) groups is 1. The van der Waals surface area contributed by atoms with Gasteiger partial charge in [0.1, 0.15) is 0 Å². The molecule has 24 heavy (non-hydrogen) atoms. The van der Waals surface area contributed by atoms with Crippen LogP contribution in [0.1, 0.15) is 21.4 Å². The van der Waals surface area contributed by atoms with E-state index in [2.05, 4.69) is 38.9 Å². The fraction of sp³-hybridized carbons (Fsp3) is 0.235. The van der Waals surface area contributed by atoms with Crippen LogP contribution in [0.2, 0.25) is 0 Å². The minimum absolute atomic E-state index is 0.0461. The molecule has 0 saturated heterocycles. The van der Waals surface area contributed by atoms with Crippen molar-refractivity contribution in [3.63, 3.8) is 0 Å². The van der Waals surface area contributed by atoms with E-state index in [1.165, 1.54) is 27.1 Å². The molecular formula is C17H15N3OS3. The Morgan fingerprint density at radius 3 is 2.88 bits per heavy atom. The van der Waals surface area contributed by atoms with Gasteiger partial charge in [0.05, 0.1) is 11.8 Å². The van der Waals surface area contributed by atoms with Gasteiger partial charge in [0, 0.05) is 28.7 Å². The van der Waals surface area contributed by atoms with Crippen LogP contribution in [0, 0.1) is 0 Å². The van der Waals surface area contributed by atoms with E-state index in [-0.39, 0.29) is 11.9 Å². The molecule has 0 bridgehead atoms. The number of aromatic nitrogens is 2. The summed E-state index contributed by atoms with van der Waals surface area (Å²) in [4.78, 5) is 25.9. The second kappa shape index (κ2) is 7.04. The molecule has 3 aromatic heterocycles. The molecule has 1 aliphatic rings. The highest BCUT2D eigenvalue weighted by Crippen LogP contribution is 2.39. The Morgan fingerprint density at radius 1 is 1.21 bits per heavy atom. The third-order valence-corrected chi connectivity index (χ3v) is 6.75. The predicted molar refractivity (Wildman–Crippen MR) is 98.7 cm³/mol. The van der Waals surface area contributed by atoms with Gasteiger partial charge in [-0.2, -0.15) is 0 Å². The number of amides is 1. The van der Waals surface area contributed by atoms with Crippen LogP contribution in [-0.2, 0) is 11.2 Å². The number of hydrogen-bond donors (Lipinski definition) is 0. The van der Waals surface area contributed by atoms with Gasteiger partial charge in [-0.05, 0) is 40.9 Å². The predicted octanol–water partition coefficient (Wildman–Crippen LogP) is 3.87. The summed E-state index contributed by atoms with van der Waals surface area (Å²) < 4.78 is 0. The number of fused-ring (bicyclic) bond motifs is 1. The molecule has 3 aromatic rings. The van der Waals surface area contributed by atoms with Crippen LogP contribution in [0.5, 0.6) is 0 Å². The fourth-order valence-corrected chi connectivity index (χ4v) is 5.36. The Labute approximate surface area is 152 Å². The maximum absolute atomic E-state index is 12.9. The number of hydrogen-bond acceptors (Lipinski definition) is 6. The van der Waals surface area contributed by atoms with Crippen molar-refractivity contribution in [2.24, 2.45) is 0 Å². The molecule has 122 valence electrons. The van der Waals surface area contributed by atoms with Gasteiger partial charge in [-0.1, -0.05) is 17.8 Å². The van der Waals surface area contributed by atoms with Crippen LogP contribution in [0.3, 0.4) is 0 Å². The molecule has 0 radical (unpaired) electrons. The van der Waals surface area contributed by atoms with Crippen molar-refractivity contribution in [3.8, 4) is 0 Å². The first-order valence-electron chi connectivity index (χ1n) is 7.62. The van der Waals surface area contributed by atoms with Gasteiger partial charge in [0.2, 0.25) is 5.91 Å². The van der Waals surface area contributed by atoms with E-state index in [1.807, 2.05) is 4.90 Å². The molecule has 0 saturated carbocycles. The van der Waals surface area contributed by atoms with Crippen LogP contribution in [0.25, 0.3) is 0 Å². The number of nitrogens with zero attached hydrogens (tertiary/aromatic N) is 3. The third kappa shape index (κ3) is 3.11. The van der Waals surface area contributed by atoms with Crippen LogP contribution in [0.4, 0.5) is 0 Å². The molecule has 0 aliphatic carbocycles. The van der Waals surface area contributed by atoms with Crippen molar-refractivity contribution in [2.45, 2.75) is 17.6 Å². The lowest BCUT2D eigenvalue weighted by Crippen LogP contribution is -2.40. The first-order valence-corrected chi connectivity index (χ1v) is 10.4. The minimum atomic E-state index is 0.0461. The zero-order chi connectivity index (χ0) is 16.4. The summed E-state index contributed by atoms with van der Waals surface area (Å²) >= 11 is 4.90. The van der Waals surface area contributed by atoms with Crippen LogP contribution >= 0.6 is 34.4 Å². The normalized spacial score (nSPS) is 16.8. The van der Waals surface area contributed by atoms with Crippen LogP contribution in [-0.4, -0.2) is 33.1 Å². The largest absolute Gasteiger partial charge is 0.330 e. The molecule has 0 spiro atoms. The number of carbonyl (C=O) groups is 1. The molecule has 7 heteroatoms. The Morgan fingerprint density at radius 2 is 2.08 bits per heavy atom. The van der Waals surface area contributed by atoms with Crippen molar-refractivity contribution >= 4 is 40.3 Å². The monoisotopic (exact) mass is 373 g/mol. The molecule has 0 aromatic carbocycles. The lowest BCUT2D eigenvalue weighted by atomic mass is 9.98. The molecule has 4 rings (SSSR count). The lowest BCUT2D eigenvalue weighted by Gasteiger charge is -2.35. The molecule has 1 amide bonds. The van der Waals surface area contributed by atoms with Crippen molar-refractivity contribution < 1.29 is 4.79 Å². The van der Waals surface area contributed by atoms with E-state index in [4.69, 9.17) is 0 Å². The van der Waals surface area contributed by atoms with Gasteiger partial charge in [-0.15, -0.1) is 22.7 Å². The maximum atomic E-state index is 12.9. The van der Waals surface area contributed by atoms with Gasteiger partial charge in [0.15, 0.2) is 5.16 Å². The molecule has 4 heterocycles. The van der Waals surface area contributed by atoms with E-state index >= 15 is 0 Å². The van der Waals surface area contributed by atoms with Crippen molar-refractivity contribution in [3.05, 3.63) is 62.7 Å². The van der Waals surface area contributed by atoms with Gasteiger partial charge in [0.25, 0.3) is 0 Å². The van der Waals surface area contributed by atoms with E-state index in [0.717, 1.165) is 13.0 Å². The van der Waals surface area contributed by atoms with E-state index < -0.39 is 0 Å². The molecule has 0 fully saturated rings. The zero-order valence-corrected chi connectivity index (χ0v) is 15.2. The van der Waals surface area contributed by atoms with E-state index in [1.54, 1.807) is 41.1 Å². The van der Waals surface area contributed by atoms with Crippen molar-refractivity contribution in [1.82, 2.24) is 14.9 Å². The number of carbonyl (C=O) groups excluding carboxylic acids is 1. The molecule has 1 atom stereocenters. The Hall–Kier alpha value is -1.70. The summed E-state index contributed by atoms with van der Waals surface area (Å²) in [5.74, 6) is 0.508. The van der Waals surface area contributed by atoms with Gasteiger partial charge >= 0.3 is 0 Å². The highest BCUT2D eigenvalue weighted by Gasteiger charge is 2.33. The summed E-state index contributed by atoms with van der Waals surface area (Å²) in [6.07, 6.45) is 4.34. The standard InChI is InChI=1S/C17H15N3OS3/c21-15(11-24-17-18-6-2-7-19-17)20-8-4-13-12(5-10-23-13)16(20)14-3-1-9-22-14/h1-3,5-7,9-10,16H,4,8,11H2. The third-order valence-electron chi connectivity index (χ3n) is 3.97. The fourth-order valence-electron chi connectivity index (χ4n) is 2.91. The van der Waals surface area contributed by atoms with Crippen molar-refractivity contribution in [1.29, 1.82) is 0 Å². The summed E-state index contributed by atoms with van der Waals surface area (Å²) in [5.41, 5.74) is 1.28. The first kappa shape index (κ1) is 15.8. The molecule has 1 aliphatic heterocycles. The summed E-state index contributed by atoms with van der Waals surface area (Å²) in [7, 11) is 0. The maximum Gasteiger partial charge on any atom is 0.233 e. The summed E-state index contributed by atoms with van der Waals surface area (Å²) in [5, 5.41) is 4.85. The van der Waals surface area contributed by atoms with Gasteiger partial charge < -0.3 is 4.90 Å². The van der Waals surface area contributed by atoms with Gasteiger partial charge in [-0.25, -0.2) is 9.97 Å². The molecular weight excluding hydrogens is 358 g/mol. The molecule has 1 unspecified atom stereocenters. The number of rotatable bonds is 4. The second-order valence-electron chi connectivity index (χ2n) is 5.37. The highest BCUT2D eigenvalue weighted by atomic mass is 32.2. The first-order chi connectivity index (χ1) is 11.8. The van der Waals surface area contributed by atoms with Crippen LogP contribution < -0.4 is 0 Å². The minimum Gasteiger partial charge on any atom is -0.330 e. The average molecular weight is 374 g/mol. The number of thiophene rings is 2. The Bertz CT molecular complexity index is 817. The molecule has 4 nitrogen and oxygen atoms in total. The molecule has 0 N–H and O–H groups in total. The summed E-state index contributed by atoms with van der Waals surface area (Å²) in [6, 6.07) is 8.16. The summed E-state index contributed by atoms with van der Waals surface area (Å²) in [6.45, 7) is 0.769. The van der Waals surface area contributed by atoms with Crippen molar-refractivity contribution in [2.75, 3.05) is 12.3 Å². The SMILES string of the molecule is O=C(CSc1ncccn1)N1CCc2sccc2C1c1cccs1.